The number of aliphatic hydroxyl groups is 1. The van der Waals surface area contributed by atoms with Crippen molar-refractivity contribution in [1.29, 1.82) is 0 Å². The Kier molecular flexibility index (Phi) is 4.26. The van der Waals surface area contributed by atoms with Crippen molar-refractivity contribution >= 4 is 15.9 Å². The van der Waals surface area contributed by atoms with E-state index >= 15 is 0 Å². The summed E-state index contributed by atoms with van der Waals surface area (Å²) in [6, 6.07) is 6.18. The summed E-state index contributed by atoms with van der Waals surface area (Å²) in [5, 5.41) is 10.5. The van der Waals surface area contributed by atoms with Crippen LogP contribution < -0.4 is 0 Å². The number of aliphatic hydroxyl groups excluding tert-OH is 1. The Morgan fingerprint density at radius 1 is 1.24 bits per heavy atom. The van der Waals surface area contributed by atoms with Crippen LogP contribution in [0.3, 0.4) is 0 Å². The third-order valence-electron chi connectivity index (χ3n) is 4.07. The number of aryl methyl sites for hydroxylation is 1. The molecule has 1 nitrogen and oxygen atoms in total. The molecule has 17 heavy (non-hydrogen) atoms. The monoisotopic (exact) mass is 296 g/mol. The molecule has 2 heteroatoms. The zero-order valence-electron chi connectivity index (χ0n) is 10.6. The second kappa shape index (κ2) is 5.53. The second-order valence-corrected chi connectivity index (χ2v) is 6.38. The highest BCUT2D eigenvalue weighted by atomic mass is 79.9. The smallest absolute Gasteiger partial charge is 0.0821 e. The number of hydrogen-bond acceptors (Lipinski definition) is 1. The van der Waals surface area contributed by atoms with Crippen LogP contribution in [-0.4, -0.2) is 5.11 Å². The van der Waals surface area contributed by atoms with Crippen molar-refractivity contribution in [1.82, 2.24) is 0 Å². The van der Waals surface area contributed by atoms with Crippen LogP contribution in [0.5, 0.6) is 0 Å². The summed E-state index contributed by atoms with van der Waals surface area (Å²) < 4.78 is 1.06. The van der Waals surface area contributed by atoms with Gasteiger partial charge in [0.2, 0.25) is 0 Å². The lowest BCUT2D eigenvalue weighted by molar-refractivity contribution is 0.0750. The lowest BCUT2D eigenvalue weighted by Crippen LogP contribution is -2.19. The number of halogens is 1. The van der Waals surface area contributed by atoms with Gasteiger partial charge in [0.1, 0.15) is 0 Å². The first-order valence-electron chi connectivity index (χ1n) is 6.52. The van der Waals surface area contributed by atoms with Gasteiger partial charge in [-0.2, -0.15) is 0 Å². The molecule has 94 valence electrons. The molecule has 1 aromatic rings. The molecule has 1 saturated carbocycles. The van der Waals surface area contributed by atoms with Gasteiger partial charge in [0.25, 0.3) is 0 Å². The molecule has 1 fully saturated rings. The lowest BCUT2D eigenvalue weighted by atomic mass is 9.78. The quantitative estimate of drug-likeness (QED) is 0.844. The fraction of sp³-hybridized carbons (Fsp3) is 0.600. The van der Waals surface area contributed by atoms with Crippen molar-refractivity contribution in [3.05, 3.63) is 33.8 Å². The largest absolute Gasteiger partial charge is 0.388 e. The van der Waals surface area contributed by atoms with Crippen LogP contribution in [-0.2, 0) is 0 Å². The molecular formula is C15H21BrO. The summed E-state index contributed by atoms with van der Waals surface area (Å²) in [5.74, 6) is 1.28. The van der Waals surface area contributed by atoms with Crippen molar-refractivity contribution in [2.24, 2.45) is 11.8 Å². The predicted molar refractivity (Wildman–Crippen MR) is 75.0 cm³/mol. The Balaban J connectivity index is 2.13. The first kappa shape index (κ1) is 13.1. The molecule has 0 spiro atoms. The van der Waals surface area contributed by atoms with Gasteiger partial charge in [-0.3, -0.25) is 0 Å². The minimum atomic E-state index is -0.292. The molecule has 0 aliphatic heterocycles. The fourth-order valence-corrected chi connectivity index (χ4v) is 3.16. The molecule has 0 radical (unpaired) electrons. The van der Waals surface area contributed by atoms with Crippen LogP contribution >= 0.6 is 15.9 Å². The standard InChI is InChI=1S/C15H21BrO/c1-10-3-6-12(7-4-10)15(17)14-9-13(16)8-5-11(14)2/h5,8-10,12,15,17H,3-4,6-7H2,1-2H3. The maximum atomic E-state index is 10.5. The Morgan fingerprint density at radius 2 is 1.88 bits per heavy atom. The summed E-state index contributed by atoms with van der Waals surface area (Å²) in [6.45, 7) is 4.39. The highest BCUT2D eigenvalue weighted by Crippen LogP contribution is 2.38. The van der Waals surface area contributed by atoms with Crippen molar-refractivity contribution in [2.45, 2.75) is 45.6 Å². The van der Waals surface area contributed by atoms with Gasteiger partial charge in [-0.05, 0) is 54.9 Å². The van der Waals surface area contributed by atoms with Gasteiger partial charge in [-0.25, -0.2) is 0 Å². The van der Waals surface area contributed by atoms with E-state index in [4.69, 9.17) is 0 Å². The van der Waals surface area contributed by atoms with E-state index in [1.54, 1.807) is 0 Å². The van der Waals surface area contributed by atoms with Crippen molar-refractivity contribution in [3.8, 4) is 0 Å². The van der Waals surface area contributed by atoms with E-state index < -0.39 is 0 Å². The van der Waals surface area contributed by atoms with Gasteiger partial charge >= 0.3 is 0 Å². The second-order valence-electron chi connectivity index (χ2n) is 5.47. The summed E-state index contributed by atoms with van der Waals surface area (Å²) in [5.41, 5.74) is 2.29. The van der Waals surface area contributed by atoms with Crippen molar-refractivity contribution in [2.75, 3.05) is 0 Å². The van der Waals surface area contributed by atoms with Gasteiger partial charge in [-0.15, -0.1) is 0 Å². The molecular weight excluding hydrogens is 276 g/mol. The summed E-state index contributed by atoms with van der Waals surface area (Å²) in [7, 11) is 0. The van der Waals surface area contributed by atoms with Crippen LogP contribution in [0.25, 0.3) is 0 Å². The minimum absolute atomic E-state index is 0.292. The average Bonchev–Trinajstić information content (AvgIpc) is 2.32. The highest BCUT2D eigenvalue weighted by molar-refractivity contribution is 9.10. The van der Waals surface area contributed by atoms with Crippen LogP contribution in [0.4, 0.5) is 0 Å². The highest BCUT2D eigenvalue weighted by Gasteiger charge is 2.26. The molecule has 0 heterocycles. The molecule has 1 aliphatic carbocycles. The van der Waals surface area contributed by atoms with Crippen LogP contribution in [0.15, 0.2) is 22.7 Å². The molecule has 0 amide bonds. The summed E-state index contributed by atoms with van der Waals surface area (Å²) in [6.07, 6.45) is 4.55. The van der Waals surface area contributed by atoms with Crippen molar-refractivity contribution < 1.29 is 5.11 Å². The first-order chi connectivity index (χ1) is 8.08. The molecule has 1 atom stereocenters. The van der Waals surface area contributed by atoms with Gasteiger partial charge in [0.15, 0.2) is 0 Å². The lowest BCUT2D eigenvalue weighted by Gasteiger charge is -2.30. The normalized spacial score (nSPS) is 26.8. The molecule has 1 aliphatic rings. The molecule has 0 saturated heterocycles. The van der Waals surface area contributed by atoms with E-state index in [0.29, 0.717) is 5.92 Å². The molecule has 0 bridgehead atoms. The third kappa shape index (κ3) is 3.11. The number of rotatable bonds is 2. The fourth-order valence-electron chi connectivity index (χ4n) is 2.79. The molecule has 0 aromatic heterocycles. The zero-order chi connectivity index (χ0) is 12.4. The van der Waals surface area contributed by atoms with E-state index in [1.165, 1.54) is 18.4 Å². The minimum Gasteiger partial charge on any atom is -0.388 e. The summed E-state index contributed by atoms with van der Waals surface area (Å²) >= 11 is 3.49. The van der Waals surface area contributed by atoms with E-state index in [9.17, 15) is 5.11 Å². The third-order valence-corrected chi connectivity index (χ3v) is 4.56. The predicted octanol–water partition coefficient (Wildman–Crippen LogP) is 4.62. The van der Waals surface area contributed by atoms with Crippen LogP contribution in [0.2, 0.25) is 0 Å². The zero-order valence-corrected chi connectivity index (χ0v) is 12.2. The number of benzene rings is 1. The van der Waals surface area contributed by atoms with Gasteiger partial charge < -0.3 is 5.11 Å². The number of hydrogen-bond donors (Lipinski definition) is 1. The average molecular weight is 297 g/mol. The SMILES string of the molecule is Cc1ccc(Br)cc1C(O)C1CCC(C)CC1. The van der Waals surface area contributed by atoms with Gasteiger partial charge in [0.05, 0.1) is 6.10 Å². The first-order valence-corrected chi connectivity index (χ1v) is 7.31. The summed E-state index contributed by atoms with van der Waals surface area (Å²) in [4.78, 5) is 0. The van der Waals surface area contributed by atoms with E-state index in [1.807, 2.05) is 6.07 Å². The molecule has 1 unspecified atom stereocenters. The Hall–Kier alpha value is -0.340. The topological polar surface area (TPSA) is 20.2 Å². The van der Waals surface area contributed by atoms with Gasteiger partial charge in [0, 0.05) is 4.47 Å². The van der Waals surface area contributed by atoms with Crippen molar-refractivity contribution in [3.63, 3.8) is 0 Å². The Bertz CT molecular complexity index is 381. The van der Waals surface area contributed by atoms with Gasteiger partial charge in [-0.1, -0.05) is 41.8 Å². The molecule has 1 aromatic carbocycles. The maximum absolute atomic E-state index is 10.5. The Labute approximate surface area is 112 Å². The molecule has 2 rings (SSSR count). The van der Waals surface area contributed by atoms with E-state index in [-0.39, 0.29) is 6.10 Å². The van der Waals surface area contributed by atoms with E-state index in [2.05, 4.69) is 41.9 Å². The van der Waals surface area contributed by atoms with E-state index in [0.717, 1.165) is 28.8 Å². The Morgan fingerprint density at radius 3 is 2.53 bits per heavy atom. The van der Waals surface area contributed by atoms with Crippen LogP contribution in [0.1, 0.15) is 49.8 Å². The molecule has 1 N–H and O–H groups in total. The van der Waals surface area contributed by atoms with Crippen LogP contribution in [0, 0.1) is 18.8 Å². The maximum Gasteiger partial charge on any atom is 0.0821 e.